The summed E-state index contributed by atoms with van der Waals surface area (Å²) in [6.07, 6.45) is 4.68. The first-order chi connectivity index (χ1) is 9.17. The first-order valence-corrected chi connectivity index (χ1v) is 7.09. The Hall–Kier alpha value is -1.00. The van der Waals surface area contributed by atoms with E-state index in [1.165, 1.54) is 25.3 Å². The Balaban J connectivity index is 2.07. The molecule has 1 aromatic rings. The molecule has 1 aliphatic heterocycles. The van der Waals surface area contributed by atoms with Crippen LogP contribution in [0.25, 0.3) is 0 Å². The van der Waals surface area contributed by atoms with Crippen LogP contribution in [0.3, 0.4) is 0 Å². The minimum Gasteiger partial charge on any atom is -0.329 e. The van der Waals surface area contributed by atoms with Gasteiger partial charge in [-0.3, -0.25) is 4.90 Å². The van der Waals surface area contributed by atoms with Gasteiger partial charge in [0.15, 0.2) is 0 Å². The zero-order valence-corrected chi connectivity index (χ0v) is 11.5. The van der Waals surface area contributed by atoms with E-state index in [1.54, 1.807) is 0 Å². The molecule has 2 rings (SSSR count). The van der Waals surface area contributed by atoms with E-state index >= 15 is 0 Å². The van der Waals surface area contributed by atoms with Crippen LogP contribution in [0.4, 0.5) is 8.78 Å². The average Bonchev–Trinajstić information content (AvgIpc) is 2.72. The predicted molar refractivity (Wildman–Crippen MR) is 72.7 cm³/mol. The topological polar surface area (TPSA) is 29.3 Å². The Morgan fingerprint density at radius 3 is 2.74 bits per heavy atom. The third-order valence-corrected chi connectivity index (χ3v) is 3.88. The molecule has 0 aromatic heterocycles. The number of nitrogens with two attached hydrogens (primary N) is 1. The highest BCUT2D eigenvalue weighted by atomic mass is 19.1. The van der Waals surface area contributed by atoms with E-state index in [2.05, 4.69) is 11.8 Å². The van der Waals surface area contributed by atoms with E-state index in [4.69, 9.17) is 5.73 Å². The summed E-state index contributed by atoms with van der Waals surface area (Å²) >= 11 is 0. The van der Waals surface area contributed by atoms with Gasteiger partial charge in [0, 0.05) is 30.8 Å². The molecule has 0 amide bonds. The Morgan fingerprint density at radius 1 is 1.26 bits per heavy atom. The smallest absolute Gasteiger partial charge is 0.130 e. The standard InChI is InChI=1S/C15H22F2N2/c1-2-3-4-5-6-19-10-13-12(15(19)9-18)7-11(16)8-14(13)17/h7-8,15H,2-6,9-10,18H2,1H3. The van der Waals surface area contributed by atoms with Crippen molar-refractivity contribution >= 4 is 0 Å². The summed E-state index contributed by atoms with van der Waals surface area (Å²) in [4.78, 5) is 2.17. The third kappa shape index (κ3) is 3.12. The maximum atomic E-state index is 13.8. The molecule has 4 heteroatoms. The van der Waals surface area contributed by atoms with Gasteiger partial charge in [-0.05, 0) is 24.6 Å². The second-order valence-corrected chi connectivity index (χ2v) is 5.24. The molecule has 1 aromatic carbocycles. The maximum absolute atomic E-state index is 13.8. The van der Waals surface area contributed by atoms with Gasteiger partial charge in [0.25, 0.3) is 0 Å². The van der Waals surface area contributed by atoms with Crippen LogP contribution in [0.1, 0.15) is 49.8 Å². The first kappa shape index (κ1) is 14.4. The normalized spacial score (nSPS) is 18.8. The molecule has 0 radical (unpaired) electrons. The molecule has 1 aliphatic rings. The molecule has 2 N–H and O–H groups in total. The Kier molecular flexibility index (Phi) is 4.88. The van der Waals surface area contributed by atoms with Gasteiger partial charge in [0.2, 0.25) is 0 Å². The Labute approximate surface area is 113 Å². The number of nitrogens with zero attached hydrogens (tertiary/aromatic N) is 1. The summed E-state index contributed by atoms with van der Waals surface area (Å²) in [5, 5.41) is 0. The molecule has 0 aliphatic carbocycles. The molecule has 0 bridgehead atoms. The number of benzene rings is 1. The summed E-state index contributed by atoms with van der Waals surface area (Å²) in [5.74, 6) is -0.952. The van der Waals surface area contributed by atoms with Gasteiger partial charge in [-0.25, -0.2) is 8.78 Å². The second kappa shape index (κ2) is 6.44. The molecule has 1 heterocycles. The molecule has 0 spiro atoms. The van der Waals surface area contributed by atoms with Gasteiger partial charge in [0.05, 0.1) is 0 Å². The number of hydrogen-bond acceptors (Lipinski definition) is 2. The van der Waals surface area contributed by atoms with Crippen LogP contribution >= 0.6 is 0 Å². The maximum Gasteiger partial charge on any atom is 0.130 e. The van der Waals surface area contributed by atoms with Crippen molar-refractivity contribution in [3.05, 3.63) is 34.9 Å². The van der Waals surface area contributed by atoms with Crippen molar-refractivity contribution in [1.29, 1.82) is 0 Å². The molecule has 0 saturated carbocycles. The van der Waals surface area contributed by atoms with Crippen LogP contribution in [-0.2, 0) is 6.54 Å². The highest BCUT2D eigenvalue weighted by molar-refractivity contribution is 5.36. The van der Waals surface area contributed by atoms with Gasteiger partial charge >= 0.3 is 0 Å². The molecule has 1 unspecified atom stereocenters. The summed E-state index contributed by atoms with van der Waals surface area (Å²) < 4.78 is 27.1. The van der Waals surface area contributed by atoms with E-state index in [9.17, 15) is 8.78 Å². The molecule has 0 saturated heterocycles. The fourth-order valence-corrected chi connectivity index (χ4v) is 2.85. The number of halogens is 2. The van der Waals surface area contributed by atoms with Crippen molar-refractivity contribution in [2.45, 2.75) is 45.2 Å². The fraction of sp³-hybridized carbons (Fsp3) is 0.600. The predicted octanol–water partition coefficient (Wildman–Crippen LogP) is 3.36. The van der Waals surface area contributed by atoms with Gasteiger partial charge in [-0.1, -0.05) is 26.2 Å². The third-order valence-electron chi connectivity index (χ3n) is 3.88. The molecule has 0 fully saturated rings. The molecule has 106 valence electrons. The van der Waals surface area contributed by atoms with Gasteiger partial charge < -0.3 is 5.73 Å². The summed E-state index contributed by atoms with van der Waals surface area (Å²) in [6, 6.07) is 2.36. The molecule has 2 nitrogen and oxygen atoms in total. The van der Waals surface area contributed by atoms with E-state index in [-0.39, 0.29) is 6.04 Å². The summed E-state index contributed by atoms with van der Waals surface area (Å²) in [5.41, 5.74) is 7.13. The Morgan fingerprint density at radius 2 is 2.05 bits per heavy atom. The Bertz CT molecular complexity index is 434. The van der Waals surface area contributed by atoms with E-state index < -0.39 is 11.6 Å². The van der Waals surface area contributed by atoms with Crippen molar-refractivity contribution in [1.82, 2.24) is 4.90 Å². The summed E-state index contributed by atoms with van der Waals surface area (Å²) in [6.45, 7) is 4.03. The number of fused-ring (bicyclic) bond motifs is 1. The quantitative estimate of drug-likeness (QED) is 0.802. The van der Waals surface area contributed by atoms with Crippen molar-refractivity contribution in [2.24, 2.45) is 5.73 Å². The first-order valence-electron chi connectivity index (χ1n) is 7.09. The average molecular weight is 268 g/mol. The molecular formula is C15H22F2N2. The summed E-state index contributed by atoms with van der Waals surface area (Å²) in [7, 11) is 0. The van der Waals surface area contributed by atoms with Crippen molar-refractivity contribution in [2.75, 3.05) is 13.1 Å². The SMILES string of the molecule is CCCCCCN1Cc2c(F)cc(F)cc2C1CN. The minimum absolute atomic E-state index is 0.0400. The number of unbranched alkanes of at least 4 members (excludes halogenated alkanes) is 3. The zero-order valence-electron chi connectivity index (χ0n) is 11.5. The van der Waals surface area contributed by atoms with E-state index in [0.717, 1.165) is 24.6 Å². The van der Waals surface area contributed by atoms with Crippen molar-refractivity contribution in [3.63, 3.8) is 0 Å². The van der Waals surface area contributed by atoms with Crippen molar-refractivity contribution < 1.29 is 8.78 Å². The van der Waals surface area contributed by atoms with E-state index in [1.807, 2.05) is 0 Å². The van der Waals surface area contributed by atoms with Crippen LogP contribution in [0.2, 0.25) is 0 Å². The number of hydrogen-bond donors (Lipinski definition) is 1. The lowest BCUT2D eigenvalue weighted by Gasteiger charge is -2.23. The van der Waals surface area contributed by atoms with Gasteiger partial charge in [-0.2, -0.15) is 0 Å². The lowest BCUT2D eigenvalue weighted by Crippen LogP contribution is -2.28. The fourth-order valence-electron chi connectivity index (χ4n) is 2.85. The van der Waals surface area contributed by atoms with Crippen molar-refractivity contribution in [3.8, 4) is 0 Å². The second-order valence-electron chi connectivity index (χ2n) is 5.24. The molecule has 19 heavy (non-hydrogen) atoms. The monoisotopic (exact) mass is 268 g/mol. The minimum atomic E-state index is -0.512. The zero-order chi connectivity index (χ0) is 13.8. The van der Waals surface area contributed by atoms with E-state index in [0.29, 0.717) is 18.7 Å². The lowest BCUT2D eigenvalue weighted by atomic mass is 10.0. The van der Waals surface area contributed by atoms with Crippen LogP contribution in [0, 0.1) is 11.6 Å². The van der Waals surface area contributed by atoms with Crippen LogP contribution in [0.15, 0.2) is 12.1 Å². The molecular weight excluding hydrogens is 246 g/mol. The highest BCUT2D eigenvalue weighted by Crippen LogP contribution is 2.35. The lowest BCUT2D eigenvalue weighted by molar-refractivity contribution is 0.214. The largest absolute Gasteiger partial charge is 0.329 e. The molecule has 1 atom stereocenters. The van der Waals surface area contributed by atoms with Crippen LogP contribution < -0.4 is 5.73 Å². The number of rotatable bonds is 6. The van der Waals surface area contributed by atoms with Gasteiger partial charge in [0.1, 0.15) is 11.6 Å². The van der Waals surface area contributed by atoms with Crippen LogP contribution in [0.5, 0.6) is 0 Å². The van der Waals surface area contributed by atoms with Crippen LogP contribution in [-0.4, -0.2) is 18.0 Å². The van der Waals surface area contributed by atoms with Gasteiger partial charge in [-0.15, -0.1) is 0 Å². The highest BCUT2D eigenvalue weighted by Gasteiger charge is 2.31.